The second kappa shape index (κ2) is 8.63. The number of ether oxygens (including phenoxy) is 1. The highest BCUT2D eigenvalue weighted by Crippen LogP contribution is 2.23. The van der Waals surface area contributed by atoms with E-state index >= 15 is 0 Å². The number of hydrogen-bond donors (Lipinski definition) is 0. The zero-order chi connectivity index (χ0) is 15.6. The van der Waals surface area contributed by atoms with Gasteiger partial charge in [-0.2, -0.15) is 0 Å². The largest absolute Gasteiger partial charge is 0.463 e. The number of allylic oxidation sites excluding steroid dienone is 2. The van der Waals surface area contributed by atoms with Gasteiger partial charge in [-0.1, -0.05) is 72.8 Å². The maximum atomic E-state index is 11.3. The van der Waals surface area contributed by atoms with Crippen LogP contribution in [0.3, 0.4) is 0 Å². The Balaban J connectivity index is 2.19. The van der Waals surface area contributed by atoms with Crippen LogP contribution in [0.5, 0.6) is 0 Å². The average Bonchev–Trinajstić information content (AvgIpc) is 2.57. The van der Waals surface area contributed by atoms with Gasteiger partial charge in [0.15, 0.2) is 0 Å². The van der Waals surface area contributed by atoms with E-state index in [1.807, 2.05) is 42.5 Å². The summed E-state index contributed by atoms with van der Waals surface area (Å²) in [4.78, 5) is 11.3. The molecule has 2 heteroatoms. The van der Waals surface area contributed by atoms with Gasteiger partial charge in [0.05, 0.1) is 6.61 Å². The first-order valence-electron chi connectivity index (χ1n) is 7.45. The van der Waals surface area contributed by atoms with Crippen LogP contribution in [0.15, 0.2) is 78.9 Å². The topological polar surface area (TPSA) is 26.3 Å². The molecule has 0 fully saturated rings. The Morgan fingerprint density at radius 3 is 2.00 bits per heavy atom. The van der Waals surface area contributed by atoms with Crippen molar-refractivity contribution < 1.29 is 9.53 Å². The number of carbonyl (C=O) groups is 1. The molecular weight excluding hydrogens is 272 g/mol. The van der Waals surface area contributed by atoms with Gasteiger partial charge in [-0.3, -0.25) is 0 Å². The summed E-state index contributed by atoms with van der Waals surface area (Å²) in [5, 5.41) is 0. The van der Waals surface area contributed by atoms with Gasteiger partial charge in [-0.25, -0.2) is 4.79 Å². The molecule has 0 unspecified atom stereocenters. The van der Waals surface area contributed by atoms with Crippen molar-refractivity contribution in [3.63, 3.8) is 0 Å². The molecule has 22 heavy (non-hydrogen) atoms. The lowest BCUT2D eigenvalue weighted by molar-refractivity contribution is -0.137. The van der Waals surface area contributed by atoms with E-state index in [0.29, 0.717) is 13.0 Å². The van der Waals surface area contributed by atoms with Crippen molar-refractivity contribution in [1.82, 2.24) is 0 Å². The Labute approximate surface area is 131 Å². The summed E-state index contributed by atoms with van der Waals surface area (Å²) in [6, 6.07) is 20.5. The molecule has 0 amide bonds. The van der Waals surface area contributed by atoms with E-state index in [-0.39, 0.29) is 5.97 Å². The number of benzene rings is 2. The van der Waals surface area contributed by atoms with Gasteiger partial charge in [0.1, 0.15) is 0 Å². The van der Waals surface area contributed by atoms with E-state index in [2.05, 4.69) is 30.3 Å². The number of rotatable bonds is 6. The van der Waals surface area contributed by atoms with Crippen molar-refractivity contribution >= 4 is 11.5 Å². The van der Waals surface area contributed by atoms with Gasteiger partial charge in [-0.05, 0) is 30.0 Å². The molecule has 112 valence electrons. The first-order valence-corrected chi connectivity index (χ1v) is 7.45. The molecule has 0 aliphatic rings. The average molecular weight is 292 g/mol. The predicted octanol–water partition coefficient (Wildman–Crippen LogP) is 4.63. The van der Waals surface area contributed by atoms with Crippen molar-refractivity contribution in [1.29, 1.82) is 0 Å². The lowest BCUT2D eigenvalue weighted by Gasteiger charge is -2.08. The smallest absolute Gasteiger partial charge is 0.330 e. The molecule has 0 N–H and O–H groups in total. The maximum absolute atomic E-state index is 11.3. The molecule has 0 bridgehead atoms. The van der Waals surface area contributed by atoms with Crippen molar-refractivity contribution in [3.05, 3.63) is 90.0 Å². The molecule has 0 aliphatic heterocycles. The molecule has 0 heterocycles. The molecule has 0 saturated carbocycles. The Kier molecular flexibility index (Phi) is 6.18. The molecule has 2 aromatic rings. The fourth-order valence-electron chi connectivity index (χ4n) is 2.18. The molecule has 0 saturated heterocycles. The third kappa shape index (κ3) is 4.74. The Morgan fingerprint density at radius 1 is 0.955 bits per heavy atom. The molecule has 0 atom stereocenters. The monoisotopic (exact) mass is 292 g/mol. The van der Waals surface area contributed by atoms with Crippen molar-refractivity contribution in [3.8, 4) is 0 Å². The van der Waals surface area contributed by atoms with Crippen LogP contribution in [0.2, 0.25) is 0 Å². The van der Waals surface area contributed by atoms with Crippen LogP contribution in [0, 0.1) is 0 Å². The second-order valence-corrected chi connectivity index (χ2v) is 4.74. The van der Waals surface area contributed by atoms with E-state index in [4.69, 9.17) is 4.74 Å². The minimum absolute atomic E-state index is 0.295. The summed E-state index contributed by atoms with van der Waals surface area (Å²) in [6.07, 6.45) is 6.11. The van der Waals surface area contributed by atoms with Crippen LogP contribution in [0.25, 0.3) is 5.57 Å². The number of hydrogen-bond acceptors (Lipinski definition) is 2. The van der Waals surface area contributed by atoms with Crippen LogP contribution in [-0.2, 0) is 9.53 Å². The molecule has 0 aromatic heterocycles. The minimum Gasteiger partial charge on any atom is -0.463 e. The highest BCUT2D eigenvalue weighted by molar-refractivity contribution is 5.82. The summed E-state index contributed by atoms with van der Waals surface area (Å²) in [6.45, 7) is 2.20. The number of carbonyl (C=O) groups excluding carboxylic acids is 1. The quantitative estimate of drug-likeness (QED) is 0.573. The van der Waals surface area contributed by atoms with Crippen molar-refractivity contribution in [2.45, 2.75) is 13.3 Å². The lowest BCUT2D eigenvalue weighted by Crippen LogP contribution is -1.98. The van der Waals surface area contributed by atoms with Gasteiger partial charge in [0, 0.05) is 6.08 Å². The zero-order valence-electron chi connectivity index (χ0n) is 12.7. The molecule has 0 spiro atoms. The van der Waals surface area contributed by atoms with Crippen LogP contribution >= 0.6 is 0 Å². The fraction of sp³-hybridized carbons (Fsp3) is 0.150. The second-order valence-electron chi connectivity index (χ2n) is 4.74. The Hall–Kier alpha value is -2.61. The van der Waals surface area contributed by atoms with Gasteiger partial charge in [-0.15, -0.1) is 0 Å². The summed E-state index contributed by atoms with van der Waals surface area (Å²) in [5.41, 5.74) is 3.49. The number of esters is 1. The fourth-order valence-corrected chi connectivity index (χ4v) is 2.18. The van der Waals surface area contributed by atoms with Gasteiger partial charge in [0.25, 0.3) is 0 Å². The van der Waals surface area contributed by atoms with E-state index in [1.54, 1.807) is 6.92 Å². The molecular formula is C20H20O2. The van der Waals surface area contributed by atoms with Crippen LogP contribution in [0.1, 0.15) is 24.5 Å². The first-order chi connectivity index (χ1) is 10.8. The van der Waals surface area contributed by atoms with Gasteiger partial charge in [0.2, 0.25) is 0 Å². The standard InChI is InChI=1S/C20H20O2/c1-2-22-20(21)16-10-9-15-19(17-11-5-3-6-12-17)18-13-7-4-8-14-18/h3-8,10-16H,2,9H2,1H3/b16-10+. The summed E-state index contributed by atoms with van der Waals surface area (Å²) in [7, 11) is 0. The third-order valence-electron chi connectivity index (χ3n) is 3.17. The summed E-state index contributed by atoms with van der Waals surface area (Å²) in [5.74, 6) is -0.295. The summed E-state index contributed by atoms with van der Waals surface area (Å²) >= 11 is 0. The molecule has 2 nitrogen and oxygen atoms in total. The Bertz CT molecular complexity index is 598. The lowest BCUT2D eigenvalue weighted by atomic mass is 9.97. The van der Waals surface area contributed by atoms with Crippen molar-refractivity contribution in [2.75, 3.05) is 6.61 Å². The van der Waals surface area contributed by atoms with E-state index in [0.717, 1.165) is 5.57 Å². The highest BCUT2D eigenvalue weighted by Gasteiger charge is 2.03. The highest BCUT2D eigenvalue weighted by atomic mass is 16.5. The SMILES string of the molecule is CCOC(=O)/C=C/CC=C(c1ccccc1)c1ccccc1. The third-order valence-corrected chi connectivity index (χ3v) is 3.17. The maximum Gasteiger partial charge on any atom is 0.330 e. The summed E-state index contributed by atoms with van der Waals surface area (Å²) < 4.78 is 4.87. The zero-order valence-corrected chi connectivity index (χ0v) is 12.7. The van der Waals surface area contributed by atoms with E-state index in [9.17, 15) is 4.79 Å². The van der Waals surface area contributed by atoms with Crippen molar-refractivity contribution in [2.24, 2.45) is 0 Å². The first kappa shape index (κ1) is 15.8. The van der Waals surface area contributed by atoms with Crippen LogP contribution < -0.4 is 0 Å². The molecule has 2 aromatic carbocycles. The minimum atomic E-state index is -0.295. The van der Waals surface area contributed by atoms with E-state index in [1.165, 1.54) is 17.2 Å². The predicted molar refractivity (Wildman–Crippen MR) is 90.4 cm³/mol. The normalized spacial score (nSPS) is 10.4. The van der Waals surface area contributed by atoms with Crippen LogP contribution in [-0.4, -0.2) is 12.6 Å². The molecule has 0 aliphatic carbocycles. The molecule has 2 rings (SSSR count). The molecule has 0 radical (unpaired) electrons. The van der Waals surface area contributed by atoms with Crippen LogP contribution in [0.4, 0.5) is 0 Å². The van der Waals surface area contributed by atoms with E-state index < -0.39 is 0 Å². The Morgan fingerprint density at radius 2 is 1.50 bits per heavy atom. The van der Waals surface area contributed by atoms with Gasteiger partial charge < -0.3 is 4.74 Å². The van der Waals surface area contributed by atoms with Gasteiger partial charge >= 0.3 is 5.97 Å².